The fourth-order valence-electron chi connectivity index (χ4n) is 5.61. The molecule has 2 aliphatic heterocycles. The number of methoxy groups -OCH3 is 1. The number of piperazine rings is 1. The van der Waals surface area contributed by atoms with Crippen LogP contribution in [0.25, 0.3) is 27.7 Å². The van der Waals surface area contributed by atoms with E-state index >= 15 is 0 Å². The number of hydrogen-bond acceptors (Lipinski definition) is 7. The number of nitrogens with one attached hydrogen (secondary N) is 1. The van der Waals surface area contributed by atoms with Crippen molar-refractivity contribution in [2.75, 3.05) is 44.7 Å². The molecular formula is C26H30FN7O. The number of piperidine rings is 1. The number of anilines is 1. The Morgan fingerprint density at radius 2 is 1.94 bits per heavy atom. The van der Waals surface area contributed by atoms with Gasteiger partial charge in [0.25, 0.3) is 0 Å². The van der Waals surface area contributed by atoms with E-state index in [1.54, 1.807) is 12.3 Å². The molecule has 0 radical (unpaired) electrons. The molecular weight excluding hydrogens is 445 g/mol. The first kappa shape index (κ1) is 22.2. The van der Waals surface area contributed by atoms with Gasteiger partial charge in [0.2, 0.25) is 0 Å². The van der Waals surface area contributed by atoms with E-state index in [9.17, 15) is 4.39 Å². The second kappa shape index (κ2) is 9.05. The predicted molar refractivity (Wildman–Crippen MR) is 135 cm³/mol. The molecule has 3 aromatic heterocycles. The second-order valence-corrected chi connectivity index (χ2v) is 9.51. The molecule has 2 fully saturated rings. The third-order valence-corrected chi connectivity index (χ3v) is 7.50. The second-order valence-electron chi connectivity index (χ2n) is 9.51. The summed E-state index contributed by atoms with van der Waals surface area (Å²) < 4.78 is 21.2. The van der Waals surface area contributed by atoms with Gasteiger partial charge in [-0.3, -0.25) is 9.88 Å². The van der Waals surface area contributed by atoms with Gasteiger partial charge in [-0.05, 0) is 37.5 Å². The Bertz CT molecular complexity index is 1360. The number of fused-ring (bicyclic) bond motifs is 2. The zero-order chi connectivity index (χ0) is 23.9. The average molecular weight is 476 g/mol. The summed E-state index contributed by atoms with van der Waals surface area (Å²) in [6.45, 7) is 7.66. The largest absolute Gasteiger partial charge is 0.494 e. The van der Waals surface area contributed by atoms with Crippen LogP contribution < -0.4 is 15.0 Å². The first-order chi connectivity index (χ1) is 17.1. The quantitative estimate of drug-likeness (QED) is 0.485. The van der Waals surface area contributed by atoms with Gasteiger partial charge in [0.05, 0.1) is 36.9 Å². The van der Waals surface area contributed by atoms with E-state index in [1.165, 1.54) is 13.2 Å². The van der Waals surface area contributed by atoms with Crippen LogP contribution in [0.4, 0.5) is 10.1 Å². The molecule has 2 aliphatic rings. The standard InChI is InChI=1S/C26H30FN7O/c1-17-13-28-7-10-33(17)18-4-8-32(9-5-18)19-14-30-26-22(15-31-34(26)16-19)20-3-6-29-24-12-23(27)25(35-2)11-21(20)24/h3,6,11-12,14-18,28H,4-5,7-10,13H2,1-2H3. The van der Waals surface area contributed by atoms with E-state index in [0.717, 1.165) is 73.4 Å². The molecule has 5 heterocycles. The number of hydrogen-bond donors (Lipinski definition) is 1. The molecule has 1 aromatic carbocycles. The van der Waals surface area contributed by atoms with Crippen molar-refractivity contribution < 1.29 is 9.13 Å². The van der Waals surface area contributed by atoms with Crippen LogP contribution in [0.5, 0.6) is 5.75 Å². The summed E-state index contributed by atoms with van der Waals surface area (Å²) in [5.74, 6) is -0.237. The van der Waals surface area contributed by atoms with E-state index < -0.39 is 5.82 Å². The molecule has 0 spiro atoms. The van der Waals surface area contributed by atoms with E-state index in [-0.39, 0.29) is 5.75 Å². The van der Waals surface area contributed by atoms with Crippen LogP contribution in [-0.2, 0) is 0 Å². The maximum absolute atomic E-state index is 14.2. The van der Waals surface area contributed by atoms with Crippen molar-refractivity contribution in [2.24, 2.45) is 0 Å². The summed E-state index contributed by atoms with van der Waals surface area (Å²) in [7, 11) is 1.46. The van der Waals surface area contributed by atoms with Crippen molar-refractivity contribution in [1.29, 1.82) is 0 Å². The van der Waals surface area contributed by atoms with Gasteiger partial charge in [-0.15, -0.1) is 0 Å². The summed E-state index contributed by atoms with van der Waals surface area (Å²) in [5.41, 5.74) is 4.19. The Labute approximate surface area is 203 Å². The number of aromatic nitrogens is 4. The fourth-order valence-corrected chi connectivity index (χ4v) is 5.61. The van der Waals surface area contributed by atoms with Crippen molar-refractivity contribution in [3.8, 4) is 16.9 Å². The van der Waals surface area contributed by atoms with Crippen LogP contribution in [0.2, 0.25) is 0 Å². The zero-order valence-electron chi connectivity index (χ0n) is 20.1. The number of benzene rings is 1. The highest BCUT2D eigenvalue weighted by atomic mass is 19.1. The lowest BCUT2D eigenvalue weighted by Crippen LogP contribution is -2.56. The van der Waals surface area contributed by atoms with Gasteiger partial charge in [-0.25, -0.2) is 13.9 Å². The molecule has 8 nitrogen and oxygen atoms in total. The minimum atomic E-state index is -0.428. The smallest absolute Gasteiger partial charge is 0.167 e. The fraction of sp³-hybridized carbons (Fsp3) is 0.423. The number of nitrogens with zero attached hydrogens (tertiary/aromatic N) is 6. The highest BCUT2D eigenvalue weighted by Gasteiger charge is 2.29. The van der Waals surface area contributed by atoms with Gasteiger partial charge in [0, 0.05) is 68.0 Å². The summed E-state index contributed by atoms with van der Waals surface area (Å²) in [6, 6.07) is 6.25. The Balaban J connectivity index is 1.26. The molecule has 0 amide bonds. The predicted octanol–water partition coefficient (Wildman–Crippen LogP) is 3.35. The van der Waals surface area contributed by atoms with Gasteiger partial charge in [-0.2, -0.15) is 5.10 Å². The van der Waals surface area contributed by atoms with Crippen LogP contribution in [0, 0.1) is 5.82 Å². The molecule has 182 valence electrons. The molecule has 6 rings (SSSR count). The third kappa shape index (κ3) is 3.98. The Morgan fingerprint density at radius 1 is 1.09 bits per heavy atom. The molecule has 35 heavy (non-hydrogen) atoms. The minimum Gasteiger partial charge on any atom is -0.494 e. The van der Waals surface area contributed by atoms with Gasteiger partial charge >= 0.3 is 0 Å². The molecule has 9 heteroatoms. The monoisotopic (exact) mass is 475 g/mol. The third-order valence-electron chi connectivity index (χ3n) is 7.50. The number of ether oxygens (including phenoxy) is 1. The molecule has 2 saturated heterocycles. The molecule has 0 bridgehead atoms. The van der Waals surface area contributed by atoms with E-state index in [2.05, 4.69) is 38.3 Å². The zero-order valence-corrected chi connectivity index (χ0v) is 20.1. The lowest BCUT2D eigenvalue weighted by atomic mass is 10.00. The van der Waals surface area contributed by atoms with Crippen molar-refractivity contribution in [3.63, 3.8) is 0 Å². The van der Waals surface area contributed by atoms with Crippen molar-refractivity contribution in [3.05, 3.63) is 48.8 Å². The highest BCUT2D eigenvalue weighted by molar-refractivity contribution is 5.98. The normalized spacial score (nSPS) is 20.1. The topological polar surface area (TPSA) is 70.8 Å². The van der Waals surface area contributed by atoms with Gasteiger partial charge < -0.3 is 15.0 Å². The minimum absolute atomic E-state index is 0.192. The van der Waals surface area contributed by atoms with Crippen LogP contribution >= 0.6 is 0 Å². The Hall–Kier alpha value is -3.30. The average Bonchev–Trinajstić information content (AvgIpc) is 3.31. The Kier molecular flexibility index (Phi) is 5.74. The summed E-state index contributed by atoms with van der Waals surface area (Å²) >= 11 is 0. The van der Waals surface area contributed by atoms with Crippen LogP contribution in [0.3, 0.4) is 0 Å². The van der Waals surface area contributed by atoms with E-state index in [4.69, 9.17) is 9.72 Å². The maximum Gasteiger partial charge on any atom is 0.167 e. The summed E-state index contributed by atoms with van der Waals surface area (Å²) in [5, 5.41) is 8.89. The molecule has 1 unspecified atom stereocenters. The van der Waals surface area contributed by atoms with E-state index in [1.807, 2.05) is 23.0 Å². The van der Waals surface area contributed by atoms with Crippen LogP contribution in [-0.4, -0.2) is 76.4 Å². The van der Waals surface area contributed by atoms with Crippen molar-refractivity contribution in [1.82, 2.24) is 29.8 Å². The van der Waals surface area contributed by atoms with Crippen LogP contribution in [0.15, 0.2) is 43.0 Å². The SMILES string of the molecule is COc1cc2c(-c3cnn4cc(N5CCC(N6CCNCC6C)CC5)cnc34)ccnc2cc1F. The molecule has 1 N–H and O–H groups in total. The number of halogens is 1. The first-order valence-corrected chi connectivity index (χ1v) is 12.3. The van der Waals surface area contributed by atoms with Gasteiger partial charge in [-0.1, -0.05) is 0 Å². The summed E-state index contributed by atoms with van der Waals surface area (Å²) in [4.78, 5) is 14.2. The van der Waals surface area contributed by atoms with Crippen molar-refractivity contribution >= 4 is 22.2 Å². The number of rotatable bonds is 4. The molecule has 0 aliphatic carbocycles. The van der Waals surface area contributed by atoms with Crippen molar-refractivity contribution in [2.45, 2.75) is 31.8 Å². The van der Waals surface area contributed by atoms with Gasteiger partial charge in [0.1, 0.15) is 0 Å². The lowest BCUT2D eigenvalue weighted by molar-refractivity contribution is 0.0997. The van der Waals surface area contributed by atoms with Crippen LogP contribution in [0.1, 0.15) is 19.8 Å². The Morgan fingerprint density at radius 3 is 2.74 bits per heavy atom. The lowest BCUT2D eigenvalue weighted by Gasteiger charge is -2.44. The molecule has 0 saturated carbocycles. The molecule has 4 aromatic rings. The molecule has 1 atom stereocenters. The first-order valence-electron chi connectivity index (χ1n) is 12.3. The maximum atomic E-state index is 14.2. The number of pyridine rings is 1. The summed E-state index contributed by atoms with van der Waals surface area (Å²) in [6.07, 6.45) is 9.82. The van der Waals surface area contributed by atoms with E-state index in [0.29, 0.717) is 17.6 Å². The van der Waals surface area contributed by atoms with Gasteiger partial charge in [0.15, 0.2) is 17.2 Å². The highest BCUT2D eigenvalue weighted by Crippen LogP contribution is 2.34.